The molecule has 0 unspecified atom stereocenters. The zero-order valence-corrected chi connectivity index (χ0v) is 10.1. The van der Waals surface area contributed by atoms with Gasteiger partial charge in [0, 0.05) is 13.7 Å². The highest BCUT2D eigenvalue weighted by Gasteiger charge is 2.37. The summed E-state index contributed by atoms with van der Waals surface area (Å²) in [5, 5.41) is 3.12. The van der Waals surface area contributed by atoms with Crippen LogP contribution in [0.2, 0.25) is 0 Å². The molecule has 0 spiro atoms. The number of anilines is 1. The average molecular weight is 239 g/mol. The fourth-order valence-corrected chi connectivity index (χ4v) is 1.97. The number of rotatable bonds is 5. The number of hydrogen-bond acceptors (Lipinski definition) is 5. The molecule has 2 N–H and O–H groups in total. The number of hydrogen-bond donors (Lipinski definition) is 2. The number of nitrogens with zero attached hydrogens (tertiary/aromatic N) is 1. The summed E-state index contributed by atoms with van der Waals surface area (Å²) >= 11 is 0. The molecule has 0 bridgehead atoms. The molecule has 17 heavy (non-hydrogen) atoms. The van der Waals surface area contributed by atoms with Crippen LogP contribution in [0, 0.1) is 0 Å². The molecule has 0 saturated heterocycles. The van der Waals surface area contributed by atoms with Crippen molar-refractivity contribution in [3.8, 4) is 5.75 Å². The van der Waals surface area contributed by atoms with Crippen LogP contribution in [0.25, 0.3) is 0 Å². The smallest absolute Gasteiger partial charge is 0.295 e. The van der Waals surface area contributed by atoms with Gasteiger partial charge in [-0.1, -0.05) is 0 Å². The van der Waals surface area contributed by atoms with E-state index in [1.807, 2.05) is 0 Å². The highest BCUT2D eigenvalue weighted by atomic mass is 16.5. The monoisotopic (exact) mass is 239 g/mol. The molecule has 1 aromatic rings. The lowest BCUT2D eigenvalue weighted by molar-refractivity contribution is -0.0601. The fraction of sp³-hybridized carbons (Fsp3) is 0.636. The van der Waals surface area contributed by atoms with Gasteiger partial charge in [0.15, 0.2) is 5.82 Å². The Hall–Kier alpha value is -1.56. The van der Waals surface area contributed by atoms with Gasteiger partial charge in [-0.2, -0.15) is 0 Å². The van der Waals surface area contributed by atoms with Crippen molar-refractivity contribution in [2.45, 2.75) is 24.9 Å². The highest BCUT2D eigenvalue weighted by molar-refractivity contribution is 5.48. The van der Waals surface area contributed by atoms with Crippen LogP contribution in [-0.4, -0.2) is 36.3 Å². The molecule has 94 valence electrons. The summed E-state index contributed by atoms with van der Waals surface area (Å²) in [6, 6.07) is 0. The molecule has 6 heteroatoms. The highest BCUT2D eigenvalue weighted by Crippen LogP contribution is 2.35. The summed E-state index contributed by atoms with van der Waals surface area (Å²) in [5.74, 6) is 0.664. The van der Waals surface area contributed by atoms with Crippen molar-refractivity contribution in [1.82, 2.24) is 9.97 Å². The predicted molar refractivity (Wildman–Crippen MR) is 63.5 cm³/mol. The molecule has 1 aliphatic carbocycles. The van der Waals surface area contributed by atoms with Crippen molar-refractivity contribution >= 4 is 5.82 Å². The third kappa shape index (κ3) is 2.26. The Morgan fingerprint density at radius 1 is 1.53 bits per heavy atom. The molecule has 1 fully saturated rings. The minimum absolute atomic E-state index is 0.116. The topological polar surface area (TPSA) is 76.2 Å². The number of methoxy groups -OCH3 is 2. The molecule has 1 heterocycles. The van der Waals surface area contributed by atoms with E-state index in [1.165, 1.54) is 19.9 Å². The van der Waals surface area contributed by atoms with Gasteiger partial charge in [0.25, 0.3) is 5.56 Å². The van der Waals surface area contributed by atoms with Crippen molar-refractivity contribution < 1.29 is 9.47 Å². The zero-order valence-electron chi connectivity index (χ0n) is 10.1. The van der Waals surface area contributed by atoms with Crippen LogP contribution >= 0.6 is 0 Å². The maximum absolute atomic E-state index is 11.5. The lowest BCUT2D eigenvalue weighted by Crippen LogP contribution is -2.45. The van der Waals surface area contributed by atoms with Crippen LogP contribution in [0.15, 0.2) is 11.1 Å². The van der Waals surface area contributed by atoms with Gasteiger partial charge in [-0.25, -0.2) is 4.98 Å². The van der Waals surface area contributed by atoms with E-state index in [2.05, 4.69) is 15.3 Å². The van der Waals surface area contributed by atoms with E-state index in [9.17, 15) is 4.79 Å². The third-order valence-electron chi connectivity index (χ3n) is 3.29. The summed E-state index contributed by atoms with van der Waals surface area (Å²) in [7, 11) is 3.16. The SMILES string of the molecule is COc1c(NCC2(OC)CCC2)nc[nH]c1=O. The van der Waals surface area contributed by atoms with Crippen LogP contribution in [0.4, 0.5) is 5.82 Å². The molecule has 1 aliphatic rings. The van der Waals surface area contributed by atoms with Gasteiger partial charge >= 0.3 is 0 Å². The Morgan fingerprint density at radius 2 is 2.29 bits per heavy atom. The predicted octanol–water partition coefficient (Wildman–Crippen LogP) is 0.759. The molecule has 0 radical (unpaired) electrons. The lowest BCUT2D eigenvalue weighted by Gasteiger charge is -2.40. The second-order valence-electron chi connectivity index (χ2n) is 4.21. The van der Waals surface area contributed by atoms with Crippen LogP contribution in [0.5, 0.6) is 5.75 Å². The summed E-state index contributed by atoms with van der Waals surface area (Å²) in [6.45, 7) is 0.635. The minimum Gasteiger partial charge on any atom is -0.489 e. The normalized spacial score (nSPS) is 17.3. The van der Waals surface area contributed by atoms with Crippen LogP contribution < -0.4 is 15.6 Å². The Kier molecular flexibility index (Phi) is 3.33. The number of ether oxygens (including phenoxy) is 2. The first-order chi connectivity index (χ1) is 8.21. The number of aromatic amines is 1. The third-order valence-corrected chi connectivity index (χ3v) is 3.29. The number of H-pyrrole nitrogens is 1. The van der Waals surface area contributed by atoms with Crippen LogP contribution in [0.1, 0.15) is 19.3 Å². The van der Waals surface area contributed by atoms with Gasteiger partial charge in [-0.15, -0.1) is 0 Å². The van der Waals surface area contributed by atoms with Gasteiger partial charge in [0.1, 0.15) is 0 Å². The number of nitrogens with one attached hydrogen (secondary N) is 2. The molecule has 6 nitrogen and oxygen atoms in total. The van der Waals surface area contributed by atoms with E-state index in [-0.39, 0.29) is 16.9 Å². The molecule has 1 aromatic heterocycles. The Bertz CT molecular complexity index is 434. The van der Waals surface area contributed by atoms with Gasteiger partial charge in [-0.05, 0) is 19.3 Å². The molecule has 0 aromatic carbocycles. The van der Waals surface area contributed by atoms with E-state index in [0.29, 0.717) is 12.4 Å². The van der Waals surface area contributed by atoms with Crippen molar-refractivity contribution in [3.05, 3.63) is 16.7 Å². The Morgan fingerprint density at radius 3 is 2.82 bits per heavy atom. The summed E-state index contributed by atoms with van der Waals surface area (Å²) in [6.07, 6.45) is 4.59. The molecule has 0 amide bonds. The molecular weight excluding hydrogens is 222 g/mol. The zero-order chi connectivity index (χ0) is 12.3. The van der Waals surface area contributed by atoms with Crippen molar-refractivity contribution in [3.63, 3.8) is 0 Å². The van der Waals surface area contributed by atoms with Gasteiger partial charge in [0.2, 0.25) is 5.75 Å². The van der Waals surface area contributed by atoms with E-state index in [4.69, 9.17) is 9.47 Å². The summed E-state index contributed by atoms with van der Waals surface area (Å²) in [5.41, 5.74) is -0.403. The van der Waals surface area contributed by atoms with E-state index in [1.54, 1.807) is 7.11 Å². The Balaban J connectivity index is 2.08. The molecule has 0 atom stereocenters. The van der Waals surface area contributed by atoms with Crippen molar-refractivity contribution in [1.29, 1.82) is 0 Å². The quantitative estimate of drug-likeness (QED) is 0.793. The number of aromatic nitrogens is 2. The first-order valence-corrected chi connectivity index (χ1v) is 5.61. The van der Waals surface area contributed by atoms with Gasteiger partial charge in [-0.3, -0.25) is 4.79 Å². The van der Waals surface area contributed by atoms with Crippen LogP contribution in [0.3, 0.4) is 0 Å². The largest absolute Gasteiger partial charge is 0.489 e. The van der Waals surface area contributed by atoms with Gasteiger partial charge in [0.05, 0.1) is 19.0 Å². The maximum Gasteiger partial charge on any atom is 0.295 e. The van der Waals surface area contributed by atoms with E-state index < -0.39 is 0 Å². The maximum atomic E-state index is 11.5. The minimum atomic E-state index is -0.287. The summed E-state index contributed by atoms with van der Waals surface area (Å²) < 4.78 is 10.5. The first-order valence-electron chi connectivity index (χ1n) is 5.61. The van der Waals surface area contributed by atoms with Crippen molar-refractivity contribution in [2.24, 2.45) is 0 Å². The van der Waals surface area contributed by atoms with Gasteiger partial charge < -0.3 is 19.8 Å². The Labute approximate surface area is 99.4 Å². The fourth-order valence-electron chi connectivity index (χ4n) is 1.97. The van der Waals surface area contributed by atoms with E-state index >= 15 is 0 Å². The molecule has 1 saturated carbocycles. The lowest BCUT2D eigenvalue weighted by atomic mass is 9.80. The average Bonchev–Trinajstić information content (AvgIpc) is 2.28. The first kappa shape index (κ1) is 11.9. The van der Waals surface area contributed by atoms with Crippen molar-refractivity contribution in [2.75, 3.05) is 26.1 Å². The standard InChI is InChI=1S/C11H17N3O3/c1-16-8-9(13-7-14-10(8)15)12-6-11(17-2)4-3-5-11/h7H,3-6H2,1-2H3,(H2,12,13,14,15). The molecular formula is C11H17N3O3. The summed E-state index contributed by atoms with van der Waals surface area (Å²) in [4.78, 5) is 18.0. The molecule has 0 aliphatic heterocycles. The second kappa shape index (κ2) is 4.75. The second-order valence-corrected chi connectivity index (χ2v) is 4.21. The molecule has 2 rings (SSSR count). The van der Waals surface area contributed by atoms with Crippen LogP contribution in [-0.2, 0) is 4.74 Å². The van der Waals surface area contributed by atoms with E-state index in [0.717, 1.165) is 12.8 Å².